The number of hydrogen-bond acceptors (Lipinski definition) is 2. The smallest absolute Gasteiger partial charge is 0.138 e. The van der Waals surface area contributed by atoms with Gasteiger partial charge in [-0.3, -0.25) is 0 Å². The van der Waals surface area contributed by atoms with E-state index in [2.05, 4.69) is 9.97 Å². The van der Waals surface area contributed by atoms with Gasteiger partial charge in [0.05, 0.1) is 11.0 Å². The number of aromatic nitrogens is 2. The van der Waals surface area contributed by atoms with Crippen LogP contribution in [-0.4, -0.2) is 15.1 Å². The number of rotatable bonds is 1. The average Bonchev–Trinajstić information content (AvgIpc) is 2.70. The van der Waals surface area contributed by atoms with E-state index in [1.54, 1.807) is 18.2 Å². The second-order valence-corrected chi connectivity index (χ2v) is 4.74. The Kier molecular flexibility index (Phi) is 2.49. The van der Waals surface area contributed by atoms with E-state index in [4.69, 9.17) is 11.6 Å². The van der Waals surface area contributed by atoms with Crippen molar-refractivity contribution < 1.29 is 5.11 Å². The highest BCUT2D eigenvalue weighted by Gasteiger charge is 2.07. The lowest BCUT2D eigenvalue weighted by molar-refractivity contribution is 0.476. The van der Waals surface area contributed by atoms with Crippen molar-refractivity contribution >= 4 is 22.6 Å². The number of aromatic hydroxyl groups is 1. The van der Waals surface area contributed by atoms with E-state index in [0.29, 0.717) is 5.02 Å². The highest BCUT2D eigenvalue weighted by molar-refractivity contribution is 6.30. The molecule has 0 saturated carbocycles. The van der Waals surface area contributed by atoms with E-state index in [1.165, 1.54) is 0 Å². The molecule has 18 heavy (non-hydrogen) atoms. The number of phenolic OH excluding ortho intramolecular Hbond substituents is 1. The number of nitrogens with zero attached hydrogens (tertiary/aromatic N) is 1. The first-order valence-electron chi connectivity index (χ1n) is 5.58. The summed E-state index contributed by atoms with van der Waals surface area (Å²) in [6.07, 6.45) is 0. The fraction of sp³-hybridized carbons (Fsp3) is 0.0714. The van der Waals surface area contributed by atoms with E-state index in [9.17, 15) is 5.11 Å². The van der Waals surface area contributed by atoms with Crippen LogP contribution < -0.4 is 0 Å². The van der Waals surface area contributed by atoms with Gasteiger partial charge in [-0.2, -0.15) is 0 Å². The number of aryl methyl sites for hydroxylation is 1. The average molecular weight is 259 g/mol. The SMILES string of the molecule is Cc1cc(Cl)cc(-c2nc3ccc(O)cc3[nH]2)c1. The van der Waals surface area contributed by atoms with Gasteiger partial charge in [-0.25, -0.2) is 4.98 Å². The lowest BCUT2D eigenvalue weighted by Crippen LogP contribution is -1.82. The van der Waals surface area contributed by atoms with E-state index >= 15 is 0 Å². The molecule has 0 bridgehead atoms. The molecule has 2 aromatic carbocycles. The molecule has 0 atom stereocenters. The van der Waals surface area contributed by atoms with Gasteiger partial charge < -0.3 is 10.1 Å². The number of halogens is 1. The maximum absolute atomic E-state index is 9.43. The van der Waals surface area contributed by atoms with Crippen LogP contribution in [0, 0.1) is 6.92 Å². The number of hydrogen-bond donors (Lipinski definition) is 2. The number of fused-ring (bicyclic) bond motifs is 1. The van der Waals surface area contributed by atoms with Gasteiger partial charge >= 0.3 is 0 Å². The highest BCUT2D eigenvalue weighted by Crippen LogP contribution is 2.26. The molecule has 0 spiro atoms. The van der Waals surface area contributed by atoms with Crippen molar-refractivity contribution in [1.29, 1.82) is 0 Å². The molecule has 0 amide bonds. The quantitative estimate of drug-likeness (QED) is 0.695. The number of benzene rings is 2. The van der Waals surface area contributed by atoms with Crippen LogP contribution in [0.5, 0.6) is 5.75 Å². The number of phenols is 1. The zero-order valence-electron chi connectivity index (χ0n) is 9.74. The fourth-order valence-corrected chi connectivity index (χ4v) is 2.30. The molecule has 1 heterocycles. The van der Waals surface area contributed by atoms with Crippen molar-refractivity contribution in [3.05, 3.63) is 47.0 Å². The highest BCUT2D eigenvalue weighted by atomic mass is 35.5. The molecule has 2 N–H and O–H groups in total. The third-order valence-corrected chi connectivity index (χ3v) is 3.00. The van der Waals surface area contributed by atoms with Gasteiger partial charge in [-0.15, -0.1) is 0 Å². The Morgan fingerprint density at radius 3 is 2.78 bits per heavy atom. The van der Waals surface area contributed by atoms with Gasteiger partial charge in [0, 0.05) is 16.7 Å². The van der Waals surface area contributed by atoms with Crippen LogP contribution in [0.4, 0.5) is 0 Å². The number of H-pyrrole nitrogens is 1. The zero-order chi connectivity index (χ0) is 12.7. The van der Waals surface area contributed by atoms with Crippen molar-refractivity contribution in [3.63, 3.8) is 0 Å². The Balaban J connectivity index is 2.19. The summed E-state index contributed by atoms with van der Waals surface area (Å²) in [5.74, 6) is 0.973. The first-order chi connectivity index (χ1) is 8.61. The van der Waals surface area contributed by atoms with Crippen LogP contribution in [0.1, 0.15) is 5.56 Å². The van der Waals surface area contributed by atoms with Crippen molar-refractivity contribution in [2.75, 3.05) is 0 Å². The molecule has 0 saturated heterocycles. The second-order valence-electron chi connectivity index (χ2n) is 4.30. The minimum atomic E-state index is 0.222. The molecule has 0 radical (unpaired) electrons. The van der Waals surface area contributed by atoms with Crippen LogP contribution in [0.25, 0.3) is 22.4 Å². The zero-order valence-corrected chi connectivity index (χ0v) is 10.5. The molecule has 4 heteroatoms. The summed E-state index contributed by atoms with van der Waals surface area (Å²) in [7, 11) is 0. The second kappa shape index (κ2) is 4.03. The van der Waals surface area contributed by atoms with E-state index in [0.717, 1.165) is 28.0 Å². The summed E-state index contributed by atoms with van der Waals surface area (Å²) in [4.78, 5) is 7.66. The number of aromatic amines is 1. The minimum Gasteiger partial charge on any atom is -0.508 e. The maximum atomic E-state index is 9.43. The maximum Gasteiger partial charge on any atom is 0.138 e. The standard InChI is InChI=1S/C14H11ClN2O/c1-8-4-9(6-10(15)5-8)14-16-12-3-2-11(18)7-13(12)17-14/h2-7,18H,1H3,(H,16,17). The molecule has 0 fully saturated rings. The molecule has 3 aromatic rings. The lowest BCUT2D eigenvalue weighted by Gasteiger charge is -2.00. The Morgan fingerprint density at radius 2 is 2.00 bits per heavy atom. The monoisotopic (exact) mass is 258 g/mol. The van der Waals surface area contributed by atoms with Gasteiger partial charge in [-0.1, -0.05) is 11.6 Å². The van der Waals surface area contributed by atoms with E-state index in [1.807, 2.05) is 25.1 Å². The van der Waals surface area contributed by atoms with Gasteiger partial charge in [0.2, 0.25) is 0 Å². The molecular formula is C14H11ClN2O. The largest absolute Gasteiger partial charge is 0.508 e. The van der Waals surface area contributed by atoms with E-state index < -0.39 is 0 Å². The van der Waals surface area contributed by atoms with Gasteiger partial charge in [0.15, 0.2) is 0 Å². The fourth-order valence-electron chi connectivity index (χ4n) is 2.01. The summed E-state index contributed by atoms with van der Waals surface area (Å²) < 4.78 is 0. The van der Waals surface area contributed by atoms with Crippen LogP contribution in [-0.2, 0) is 0 Å². The van der Waals surface area contributed by atoms with Crippen LogP contribution in [0.3, 0.4) is 0 Å². The van der Waals surface area contributed by atoms with E-state index in [-0.39, 0.29) is 5.75 Å². The van der Waals surface area contributed by atoms with Crippen LogP contribution in [0.15, 0.2) is 36.4 Å². The molecule has 3 nitrogen and oxygen atoms in total. The lowest BCUT2D eigenvalue weighted by atomic mass is 10.1. The Hall–Kier alpha value is -2.00. The van der Waals surface area contributed by atoms with Crippen LogP contribution >= 0.6 is 11.6 Å². The first kappa shape index (κ1) is 11.1. The van der Waals surface area contributed by atoms with Crippen LogP contribution in [0.2, 0.25) is 5.02 Å². The predicted molar refractivity (Wildman–Crippen MR) is 72.9 cm³/mol. The summed E-state index contributed by atoms with van der Waals surface area (Å²) in [5.41, 5.74) is 3.65. The summed E-state index contributed by atoms with van der Waals surface area (Å²) in [6, 6.07) is 10.8. The normalized spacial score (nSPS) is 11.0. The topological polar surface area (TPSA) is 48.9 Å². The predicted octanol–water partition coefficient (Wildman–Crippen LogP) is 3.90. The van der Waals surface area contributed by atoms with Crippen molar-refractivity contribution in [1.82, 2.24) is 9.97 Å². The molecule has 0 aliphatic rings. The van der Waals surface area contributed by atoms with Gasteiger partial charge in [0.1, 0.15) is 11.6 Å². The molecule has 3 rings (SSSR count). The molecule has 0 aliphatic carbocycles. The summed E-state index contributed by atoms with van der Waals surface area (Å²) in [5, 5.41) is 10.1. The van der Waals surface area contributed by atoms with Crippen molar-refractivity contribution in [3.8, 4) is 17.1 Å². The Labute approximate surface area is 109 Å². The Bertz CT molecular complexity index is 713. The molecule has 90 valence electrons. The van der Waals surface area contributed by atoms with Crippen molar-refractivity contribution in [2.45, 2.75) is 6.92 Å². The number of imidazole rings is 1. The first-order valence-corrected chi connectivity index (χ1v) is 5.96. The molecule has 0 unspecified atom stereocenters. The molecule has 1 aromatic heterocycles. The molecular weight excluding hydrogens is 248 g/mol. The third-order valence-electron chi connectivity index (χ3n) is 2.78. The van der Waals surface area contributed by atoms with Gasteiger partial charge in [0.25, 0.3) is 0 Å². The third kappa shape index (κ3) is 1.93. The number of nitrogens with one attached hydrogen (secondary N) is 1. The minimum absolute atomic E-state index is 0.222. The Morgan fingerprint density at radius 1 is 1.17 bits per heavy atom. The van der Waals surface area contributed by atoms with Crippen molar-refractivity contribution in [2.24, 2.45) is 0 Å². The summed E-state index contributed by atoms with van der Waals surface area (Å²) >= 11 is 6.04. The molecule has 0 aliphatic heterocycles. The van der Waals surface area contributed by atoms with Gasteiger partial charge in [-0.05, 0) is 42.8 Å². The summed E-state index contributed by atoms with van der Waals surface area (Å²) in [6.45, 7) is 1.99.